The van der Waals surface area contributed by atoms with E-state index in [1.54, 1.807) is 22.7 Å². The van der Waals surface area contributed by atoms with Crippen LogP contribution in [0.2, 0.25) is 10.3 Å². The molecule has 0 unspecified atom stereocenters. The second-order valence-corrected chi connectivity index (χ2v) is 5.68. The number of aryl methyl sites for hydroxylation is 1. The third-order valence-electron chi connectivity index (χ3n) is 3.54. The second kappa shape index (κ2) is 5.28. The van der Waals surface area contributed by atoms with Crippen LogP contribution in [-0.2, 0) is 0 Å². The average molecular weight is 324 g/mol. The summed E-state index contributed by atoms with van der Waals surface area (Å²) in [4.78, 5) is 4.33. The van der Waals surface area contributed by atoms with Crippen molar-refractivity contribution in [2.24, 2.45) is 0 Å². The summed E-state index contributed by atoms with van der Waals surface area (Å²) in [6.45, 7) is 3.92. The van der Waals surface area contributed by atoms with Gasteiger partial charge in [-0.05, 0) is 24.6 Å². The van der Waals surface area contributed by atoms with Gasteiger partial charge in [0.2, 0.25) is 0 Å². The number of hydrogen-bond acceptors (Lipinski definition) is 2. The third kappa shape index (κ3) is 2.49. The monoisotopic (exact) mass is 323 g/mol. The molecule has 2 aromatic heterocycles. The Morgan fingerprint density at radius 3 is 2.52 bits per heavy atom. The van der Waals surface area contributed by atoms with Crippen LogP contribution in [0.25, 0.3) is 5.65 Å². The fraction of sp³-hybridized carbons (Fsp3) is 0.200. The number of nitrogens with zero attached hydrogens (tertiary/aromatic N) is 3. The minimum Gasteiger partial charge on any atom is -0.216 e. The van der Waals surface area contributed by atoms with E-state index < -0.39 is 0 Å². The Balaban J connectivity index is 2.19. The predicted octanol–water partition coefficient (Wildman–Crippen LogP) is 4.64. The van der Waals surface area contributed by atoms with E-state index in [0.717, 1.165) is 16.8 Å². The van der Waals surface area contributed by atoms with Crippen molar-refractivity contribution in [1.29, 1.82) is 0 Å². The molecule has 2 heterocycles. The van der Waals surface area contributed by atoms with Crippen molar-refractivity contribution in [2.75, 3.05) is 0 Å². The molecule has 21 heavy (non-hydrogen) atoms. The van der Waals surface area contributed by atoms with Crippen LogP contribution in [0.5, 0.6) is 0 Å². The molecule has 3 aromatic rings. The highest BCUT2D eigenvalue weighted by atomic mass is 35.5. The zero-order valence-electron chi connectivity index (χ0n) is 11.4. The number of aromatic nitrogens is 3. The minimum absolute atomic E-state index is 0.00475. The molecule has 3 nitrogen and oxygen atoms in total. The summed E-state index contributed by atoms with van der Waals surface area (Å²) in [5.74, 6) is -0.253. The fourth-order valence-corrected chi connectivity index (χ4v) is 2.96. The first-order valence-electron chi connectivity index (χ1n) is 6.44. The summed E-state index contributed by atoms with van der Waals surface area (Å²) in [6, 6.07) is 7.96. The van der Waals surface area contributed by atoms with Crippen molar-refractivity contribution < 1.29 is 4.39 Å². The van der Waals surface area contributed by atoms with Gasteiger partial charge >= 0.3 is 0 Å². The van der Waals surface area contributed by atoms with Crippen molar-refractivity contribution in [3.8, 4) is 0 Å². The van der Waals surface area contributed by atoms with E-state index in [2.05, 4.69) is 10.1 Å². The lowest BCUT2D eigenvalue weighted by Gasteiger charge is -2.11. The molecule has 108 valence electrons. The molecule has 0 amide bonds. The Bertz CT molecular complexity index is 812. The Morgan fingerprint density at radius 1 is 1.19 bits per heavy atom. The number of halogens is 3. The van der Waals surface area contributed by atoms with Gasteiger partial charge in [-0.1, -0.05) is 42.3 Å². The molecule has 0 fully saturated rings. The summed E-state index contributed by atoms with van der Waals surface area (Å²) >= 11 is 12.1. The number of hydrogen-bond donors (Lipinski definition) is 0. The molecule has 0 saturated carbocycles. The molecule has 0 aliphatic heterocycles. The fourth-order valence-electron chi connectivity index (χ4n) is 2.50. The van der Waals surface area contributed by atoms with E-state index in [0.29, 0.717) is 16.0 Å². The van der Waals surface area contributed by atoms with E-state index in [1.165, 1.54) is 12.1 Å². The van der Waals surface area contributed by atoms with Gasteiger partial charge in [0.25, 0.3) is 0 Å². The van der Waals surface area contributed by atoms with Gasteiger partial charge in [-0.3, -0.25) is 0 Å². The van der Waals surface area contributed by atoms with E-state index >= 15 is 0 Å². The van der Waals surface area contributed by atoms with E-state index in [4.69, 9.17) is 23.2 Å². The van der Waals surface area contributed by atoms with Gasteiger partial charge in [0.15, 0.2) is 5.65 Å². The first kappa shape index (κ1) is 14.3. The molecule has 0 radical (unpaired) electrons. The average Bonchev–Trinajstić information content (AvgIpc) is 2.75. The standard InChI is InChI=1S/C15H12Cl2FN3/c1-8(10-3-5-11(18)6-4-10)14-9(2)20-21-13(17)7-12(16)19-15(14)21/h3-8H,1-2H3/t8-/m0/s1. The Labute approximate surface area is 131 Å². The van der Waals surface area contributed by atoms with Crippen molar-refractivity contribution in [3.63, 3.8) is 0 Å². The largest absolute Gasteiger partial charge is 0.216 e. The topological polar surface area (TPSA) is 30.2 Å². The number of rotatable bonds is 2. The lowest BCUT2D eigenvalue weighted by atomic mass is 9.93. The SMILES string of the molecule is Cc1nn2c(Cl)cc(Cl)nc2c1[C@@H](C)c1ccc(F)cc1. The van der Waals surface area contributed by atoms with Crippen LogP contribution in [0.4, 0.5) is 4.39 Å². The normalized spacial score (nSPS) is 12.8. The van der Waals surface area contributed by atoms with Crippen LogP contribution in [0.1, 0.15) is 29.7 Å². The summed E-state index contributed by atoms with van der Waals surface area (Å²) < 4.78 is 14.6. The third-order valence-corrected chi connectivity index (χ3v) is 4.00. The van der Waals surface area contributed by atoms with Gasteiger partial charge in [0.05, 0.1) is 5.69 Å². The molecule has 1 aromatic carbocycles. The summed E-state index contributed by atoms with van der Waals surface area (Å²) in [7, 11) is 0. The Kier molecular flexibility index (Phi) is 3.59. The minimum atomic E-state index is -0.258. The van der Waals surface area contributed by atoms with Crippen LogP contribution in [0.15, 0.2) is 30.3 Å². The predicted molar refractivity (Wildman–Crippen MR) is 81.7 cm³/mol. The molecule has 0 N–H and O–H groups in total. The zero-order chi connectivity index (χ0) is 15.1. The second-order valence-electron chi connectivity index (χ2n) is 4.91. The van der Waals surface area contributed by atoms with Crippen molar-refractivity contribution >= 4 is 28.8 Å². The van der Waals surface area contributed by atoms with Crippen molar-refractivity contribution in [2.45, 2.75) is 19.8 Å². The molecule has 0 saturated heterocycles. The van der Waals surface area contributed by atoms with Gasteiger partial charge in [-0.15, -0.1) is 0 Å². The van der Waals surface area contributed by atoms with Gasteiger partial charge in [-0.25, -0.2) is 13.9 Å². The van der Waals surface area contributed by atoms with Crippen molar-refractivity contribution in [1.82, 2.24) is 14.6 Å². The molecule has 0 spiro atoms. The van der Waals surface area contributed by atoms with Crippen LogP contribution >= 0.6 is 23.2 Å². The van der Waals surface area contributed by atoms with Crippen LogP contribution in [0, 0.1) is 12.7 Å². The van der Waals surface area contributed by atoms with Crippen LogP contribution in [0.3, 0.4) is 0 Å². The molecular formula is C15H12Cl2FN3. The van der Waals surface area contributed by atoms with E-state index in [9.17, 15) is 4.39 Å². The maximum atomic E-state index is 13.1. The first-order chi connectivity index (χ1) is 9.97. The highest BCUT2D eigenvalue weighted by Gasteiger charge is 2.20. The number of benzene rings is 1. The van der Waals surface area contributed by atoms with Crippen LogP contribution < -0.4 is 0 Å². The quantitative estimate of drug-likeness (QED) is 0.643. The van der Waals surface area contributed by atoms with Gasteiger partial charge in [-0.2, -0.15) is 5.10 Å². The van der Waals surface area contributed by atoms with E-state index in [-0.39, 0.29) is 11.7 Å². The highest BCUT2D eigenvalue weighted by molar-refractivity contribution is 6.33. The first-order valence-corrected chi connectivity index (χ1v) is 7.19. The van der Waals surface area contributed by atoms with E-state index in [1.807, 2.05) is 13.8 Å². The van der Waals surface area contributed by atoms with Gasteiger partial charge < -0.3 is 0 Å². The van der Waals surface area contributed by atoms with Gasteiger partial charge in [0.1, 0.15) is 16.1 Å². The highest BCUT2D eigenvalue weighted by Crippen LogP contribution is 2.31. The summed E-state index contributed by atoms with van der Waals surface area (Å²) in [5.41, 5.74) is 3.36. The molecule has 0 bridgehead atoms. The smallest absolute Gasteiger partial charge is 0.162 e. The number of fused-ring (bicyclic) bond motifs is 1. The van der Waals surface area contributed by atoms with Gasteiger partial charge in [0, 0.05) is 17.5 Å². The zero-order valence-corrected chi connectivity index (χ0v) is 13.0. The lowest BCUT2D eigenvalue weighted by molar-refractivity contribution is 0.626. The molecule has 0 aliphatic rings. The summed E-state index contributed by atoms with van der Waals surface area (Å²) in [5, 5.41) is 5.13. The molecule has 0 aliphatic carbocycles. The van der Waals surface area contributed by atoms with Crippen molar-refractivity contribution in [3.05, 3.63) is 63.3 Å². The molecule has 3 rings (SSSR count). The lowest BCUT2D eigenvalue weighted by Crippen LogP contribution is -1.99. The maximum Gasteiger partial charge on any atom is 0.162 e. The Hall–Kier alpha value is -1.65. The Morgan fingerprint density at radius 2 is 1.86 bits per heavy atom. The summed E-state index contributed by atoms with van der Waals surface area (Å²) in [6.07, 6.45) is 0. The maximum absolute atomic E-state index is 13.1. The molecule has 6 heteroatoms. The molecule has 1 atom stereocenters. The molecular weight excluding hydrogens is 312 g/mol. The van der Waals surface area contributed by atoms with Crippen LogP contribution in [-0.4, -0.2) is 14.6 Å².